The van der Waals surface area contributed by atoms with Crippen LogP contribution in [0.1, 0.15) is 16.7 Å². The Bertz CT molecular complexity index is 1150. The van der Waals surface area contributed by atoms with Gasteiger partial charge in [-0.1, -0.05) is 35.4 Å². The molecule has 0 aliphatic rings. The minimum absolute atomic E-state index is 0.0293. The van der Waals surface area contributed by atoms with Crippen molar-refractivity contribution in [2.24, 2.45) is 0 Å². The summed E-state index contributed by atoms with van der Waals surface area (Å²) in [5, 5.41) is 5.94. The van der Waals surface area contributed by atoms with E-state index in [0.717, 1.165) is 11.1 Å². The van der Waals surface area contributed by atoms with E-state index in [9.17, 15) is 13.2 Å². The lowest BCUT2D eigenvalue weighted by Crippen LogP contribution is -2.29. The molecule has 2 aromatic carbocycles. The summed E-state index contributed by atoms with van der Waals surface area (Å²) in [4.78, 5) is 16.3. The zero-order valence-electron chi connectivity index (χ0n) is 16.6. The second-order valence-electron chi connectivity index (χ2n) is 6.86. The number of pyridine rings is 1. The van der Waals surface area contributed by atoms with Gasteiger partial charge in [-0.25, -0.2) is 8.42 Å². The average Bonchev–Trinajstić information content (AvgIpc) is 2.74. The highest BCUT2D eigenvalue weighted by molar-refractivity contribution is 7.91. The van der Waals surface area contributed by atoms with E-state index in [1.165, 1.54) is 6.07 Å². The van der Waals surface area contributed by atoms with Gasteiger partial charge in [-0.2, -0.15) is 0 Å². The molecule has 0 aliphatic carbocycles. The van der Waals surface area contributed by atoms with Gasteiger partial charge < -0.3 is 10.6 Å². The van der Waals surface area contributed by atoms with Gasteiger partial charge in [-0.15, -0.1) is 0 Å². The van der Waals surface area contributed by atoms with Crippen LogP contribution in [0.4, 0.5) is 5.69 Å². The van der Waals surface area contributed by atoms with Crippen LogP contribution in [-0.4, -0.2) is 25.9 Å². The van der Waals surface area contributed by atoms with E-state index in [2.05, 4.69) is 15.6 Å². The number of carbonyl (C=O) groups is 1. The molecule has 6 nitrogen and oxygen atoms in total. The van der Waals surface area contributed by atoms with Crippen molar-refractivity contribution < 1.29 is 13.2 Å². The molecule has 0 atom stereocenters. The third kappa shape index (κ3) is 4.98. The Hall–Kier alpha value is -2.90. The highest BCUT2D eigenvalue weighted by atomic mass is 35.5. The van der Waals surface area contributed by atoms with Crippen LogP contribution in [0.5, 0.6) is 0 Å². The second kappa shape index (κ2) is 9.28. The molecular formula is C22H22ClN3O3S. The van der Waals surface area contributed by atoms with Crippen molar-refractivity contribution >= 4 is 33.0 Å². The summed E-state index contributed by atoms with van der Waals surface area (Å²) >= 11 is 6.39. The quantitative estimate of drug-likeness (QED) is 0.578. The molecule has 0 saturated carbocycles. The number of sulfone groups is 1. The van der Waals surface area contributed by atoms with Gasteiger partial charge in [0.25, 0.3) is 0 Å². The van der Waals surface area contributed by atoms with Crippen LogP contribution >= 0.6 is 11.6 Å². The Morgan fingerprint density at radius 2 is 1.80 bits per heavy atom. The number of aromatic nitrogens is 1. The van der Waals surface area contributed by atoms with Crippen molar-refractivity contribution in [1.82, 2.24) is 10.3 Å². The molecule has 0 aliphatic heterocycles. The number of nitrogens with one attached hydrogen (secondary N) is 2. The van der Waals surface area contributed by atoms with Crippen molar-refractivity contribution in [3.63, 3.8) is 0 Å². The van der Waals surface area contributed by atoms with Gasteiger partial charge in [0.05, 0.1) is 21.4 Å². The van der Waals surface area contributed by atoms with Gasteiger partial charge in [-0.3, -0.25) is 9.78 Å². The van der Waals surface area contributed by atoms with E-state index < -0.39 is 9.84 Å². The average molecular weight is 444 g/mol. The van der Waals surface area contributed by atoms with E-state index in [1.807, 2.05) is 13.0 Å². The minimum Gasteiger partial charge on any atom is -0.376 e. The van der Waals surface area contributed by atoms with Crippen LogP contribution in [0.15, 0.2) is 70.7 Å². The number of hydrogen-bond acceptors (Lipinski definition) is 5. The van der Waals surface area contributed by atoms with Crippen LogP contribution in [-0.2, 0) is 21.2 Å². The standard InChI is InChI=1S/C22H22ClN3O3S/c1-15-5-7-18(8-6-15)30(28,29)20-10-9-19(16(2)22(20)23)25-14-21(27)26-13-17-4-3-11-24-12-17/h3-12,25H,13-14H2,1-2H3,(H,26,27). The molecule has 1 aromatic heterocycles. The third-order valence-corrected chi connectivity index (χ3v) is 7.03. The van der Waals surface area contributed by atoms with Crippen molar-refractivity contribution in [3.05, 3.63) is 82.6 Å². The first kappa shape index (κ1) is 21.8. The van der Waals surface area contributed by atoms with Crippen molar-refractivity contribution in [3.8, 4) is 0 Å². The topological polar surface area (TPSA) is 88.2 Å². The predicted octanol–water partition coefficient (Wildman–Crippen LogP) is 3.91. The Morgan fingerprint density at radius 1 is 1.07 bits per heavy atom. The predicted molar refractivity (Wildman–Crippen MR) is 117 cm³/mol. The maximum absolute atomic E-state index is 12.9. The van der Waals surface area contributed by atoms with E-state index >= 15 is 0 Å². The Labute approximate surface area is 181 Å². The smallest absolute Gasteiger partial charge is 0.239 e. The number of amides is 1. The summed E-state index contributed by atoms with van der Waals surface area (Å²) < 4.78 is 25.9. The highest BCUT2D eigenvalue weighted by Gasteiger charge is 2.23. The van der Waals surface area contributed by atoms with E-state index in [-0.39, 0.29) is 27.3 Å². The van der Waals surface area contributed by atoms with Crippen molar-refractivity contribution in [2.45, 2.75) is 30.2 Å². The molecule has 0 unspecified atom stereocenters. The van der Waals surface area contributed by atoms with Crippen LogP contribution in [0.3, 0.4) is 0 Å². The van der Waals surface area contributed by atoms with Gasteiger partial charge >= 0.3 is 0 Å². The first-order valence-corrected chi connectivity index (χ1v) is 11.2. The number of rotatable bonds is 7. The molecule has 0 spiro atoms. The molecule has 8 heteroatoms. The summed E-state index contributed by atoms with van der Waals surface area (Å²) in [6.07, 6.45) is 3.35. The fraction of sp³-hybridized carbons (Fsp3) is 0.182. The monoisotopic (exact) mass is 443 g/mol. The summed E-state index contributed by atoms with van der Waals surface area (Å²) in [5.74, 6) is -0.203. The number of benzene rings is 2. The van der Waals surface area contributed by atoms with E-state index in [1.54, 1.807) is 55.7 Å². The normalized spacial score (nSPS) is 11.2. The summed E-state index contributed by atoms with van der Waals surface area (Å²) in [6, 6.07) is 13.4. The molecule has 0 fully saturated rings. The zero-order chi connectivity index (χ0) is 21.7. The maximum atomic E-state index is 12.9. The Morgan fingerprint density at radius 3 is 2.47 bits per heavy atom. The Balaban J connectivity index is 1.70. The summed E-state index contributed by atoms with van der Waals surface area (Å²) in [5.41, 5.74) is 3.03. The largest absolute Gasteiger partial charge is 0.376 e. The van der Waals surface area contributed by atoms with Crippen molar-refractivity contribution in [2.75, 3.05) is 11.9 Å². The van der Waals surface area contributed by atoms with Crippen molar-refractivity contribution in [1.29, 1.82) is 0 Å². The SMILES string of the molecule is Cc1ccc(S(=O)(=O)c2ccc(NCC(=O)NCc3cccnc3)c(C)c2Cl)cc1. The van der Waals surface area contributed by atoms with Crippen LogP contribution < -0.4 is 10.6 Å². The molecule has 0 bridgehead atoms. The highest BCUT2D eigenvalue weighted by Crippen LogP contribution is 2.33. The number of aryl methyl sites for hydroxylation is 1. The number of nitrogens with zero attached hydrogens (tertiary/aromatic N) is 1. The van der Waals surface area contributed by atoms with E-state index in [4.69, 9.17) is 11.6 Å². The maximum Gasteiger partial charge on any atom is 0.239 e. The van der Waals surface area contributed by atoms with Gasteiger partial charge in [0.2, 0.25) is 15.7 Å². The number of halogens is 1. The van der Waals surface area contributed by atoms with Crippen LogP contribution in [0, 0.1) is 13.8 Å². The molecule has 1 heterocycles. The lowest BCUT2D eigenvalue weighted by molar-refractivity contribution is -0.119. The molecule has 0 saturated heterocycles. The fourth-order valence-corrected chi connectivity index (χ4v) is 4.70. The molecule has 2 N–H and O–H groups in total. The van der Waals surface area contributed by atoms with E-state index in [0.29, 0.717) is 17.8 Å². The first-order valence-electron chi connectivity index (χ1n) is 9.29. The first-order chi connectivity index (χ1) is 14.3. The molecule has 0 radical (unpaired) electrons. The summed E-state index contributed by atoms with van der Waals surface area (Å²) in [6.45, 7) is 4.01. The van der Waals surface area contributed by atoms with Gasteiger partial charge in [0.1, 0.15) is 0 Å². The fourth-order valence-electron chi connectivity index (χ4n) is 2.85. The molecule has 30 heavy (non-hydrogen) atoms. The van der Waals surface area contributed by atoms with Gasteiger partial charge in [-0.05, 0) is 55.3 Å². The molecule has 3 aromatic rings. The third-order valence-electron chi connectivity index (χ3n) is 4.62. The zero-order valence-corrected chi connectivity index (χ0v) is 18.2. The lowest BCUT2D eigenvalue weighted by Gasteiger charge is -2.14. The molecule has 3 rings (SSSR count). The molecular weight excluding hydrogens is 422 g/mol. The number of hydrogen-bond donors (Lipinski definition) is 2. The lowest BCUT2D eigenvalue weighted by atomic mass is 10.2. The molecule has 1 amide bonds. The second-order valence-corrected chi connectivity index (χ2v) is 9.15. The number of anilines is 1. The van der Waals surface area contributed by atoms with Crippen LogP contribution in [0.25, 0.3) is 0 Å². The number of carbonyl (C=O) groups excluding carboxylic acids is 1. The van der Waals surface area contributed by atoms with Crippen LogP contribution in [0.2, 0.25) is 5.02 Å². The minimum atomic E-state index is -3.74. The summed E-state index contributed by atoms with van der Waals surface area (Å²) in [7, 11) is -3.74. The van der Waals surface area contributed by atoms with Gasteiger partial charge in [0, 0.05) is 24.6 Å². The van der Waals surface area contributed by atoms with Gasteiger partial charge in [0.15, 0.2) is 0 Å². The Kier molecular flexibility index (Phi) is 6.74. The molecule has 156 valence electrons.